The number of hydrogen-bond donors (Lipinski definition) is 1. The summed E-state index contributed by atoms with van der Waals surface area (Å²) >= 11 is 0. The number of nitrogens with zero attached hydrogens (tertiary/aromatic N) is 1. The third kappa shape index (κ3) is 2.73. The van der Waals surface area contributed by atoms with Gasteiger partial charge in [-0.25, -0.2) is 4.39 Å². The molecule has 2 aliphatic rings. The van der Waals surface area contributed by atoms with Crippen LogP contribution in [-0.4, -0.2) is 37.3 Å². The van der Waals surface area contributed by atoms with E-state index in [0.29, 0.717) is 30.9 Å². The third-order valence-electron chi connectivity index (χ3n) is 3.89. The molecule has 0 saturated carbocycles. The van der Waals surface area contributed by atoms with Crippen LogP contribution < -0.4 is 15.4 Å². The maximum atomic E-state index is 13.3. The lowest BCUT2D eigenvalue weighted by atomic mass is 10.1. The predicted molar refractivity (Wildman–Crippen MR) is 75.8 cm³/mol. The second-order valence-corrected chi connectivity index (χ2v) is 5.55. The summed E-state index contributed by atoms with van der Waals surface area (Å²) in [5.41, 5.74) is 6.17. The number of anilines is 1. The first-order valence-electron chi connectivity index (χ1n) is 7.21. The highest BCUT2D eigenvalue weighted by Gasteiger charge is 2.36. The molecule has 6 heteroatoms. The molecule has 2 N–H and O–H groups in total. The van der Waals surface area contributed by atoms with Crippen molar-refractivity contribution in [2.75, 3.05) is 18.0 Å². The summed E-state index contributed by atoms with van der Waals surface area (Å²) in [6.07, 6.45) is 0.758. The number of fused-ring (bicyclic) bond motifs is 1. The van der Waals surface area contributed by atoms with Crippen molar-refractivity contribution in [3.8, 4) is 5.75 Å². The fraction of sp³-hybridized carbons (Fsp3) is 0.533. The Kier molecular flexibility index (Phi) is 3.82. The first-order valence-corrected chi connectivity index (χ1v) is 7.21. The lowest BCUT2D eigenvalue weighted by Gasteiger charge is -2.34. The second kappa shape index (κ2) is 5.61. The highest BCUT2D eigenvalue weighted by Crippen LogP contribution is 2.35. The van der Waals surface area contributed by atoms with Crippen LogP contribution in [0, 0.1) is 5.82 Å². The van der Waals surface area contributed by atoms with E-state index in [4.69, 9.17) is 15.2 Å². The van der Waals surface area contributed by atoms with Gasteiger partial charge in [-0.3, -0.25) is 4.79 Å². The minimum Gasteiger partial charge on any atom is -0.487 e. The number of rotatable bonds is 2. The highest BCUT2D eigenvalue weighted by atomic mass is 19.1. The average Bonchev–Trinajstić information content (AvgIpc) is 2.94. The summed E-state index contributed by atoms with van der Waals surface area (Å²) in [6.45, 7) is 2.71. The van der Waals surface area contributed by atoms with E-state index in [-0.39, 0.29) is 23.9 Å². The van der Waals surface area contributed by atoms with Crippen LogP contribution >= 0.6 is 0 Å². The molecule has 114 valence electrons. The van der Waals surface area contributed by atoms with Crippen molar-refractivity contribution in [1.29, 1.82) is 0 Å². The van der Waals surface area contributed by atoms with Gasteiger partial charge in [-0.1, -0.05) is 0 Å². The number of amides is 1. The van der Waals surface area contributed by atoms with E-state index in [1.54, 1.807) is 11.0 Å². The van der Waals surface area contributed by atoms with Gasteiger partial charge in [-0.05, 0) is 31.9 Å². The molecule has 0 spiro atoms. The Balaban J connectivity index is 1.84. The highest BCUT2D eigenvalue weighted by molar-refractivity contribution is 5.98. The van der Waals surface area contributed by atoms with Crippen molar-refractivity contribution in [3.63, 3.8) is 0 Å². The van der Waals surface area contributed by atoms with Crippen LogP contribution in [-0.2, 0) is 9.53 Å². The van der Waals surface area contributed by atoms with Gasteiger partial charge in [0.2, 0.25) is 0 Å². The van der Waals surface area contributed by atoms with E-state index < -0.39 is 6.10 Å². The normalized spacial score (nSPS) is 28.1. The number of halogens is 1. The van der Waals surface area contributed by atoms with Gasteiger partial charge in [0.15, 0.2) is 0 Å². The molecule has 1 fully saturated rings. The van der Waals surface area contributed by atoms with E-state index >= 15 is 0 Å². The average molecular weight is 294 g/mol. The Morgan fingerprint density at radius 2 is 2.29 bits per heavy atom. The Morgan fingerprint density at radius 1 is 1.48 bits per heavy atom. The summed E-state index contributed by atoms with van der Waals surface area (Å²) in [7, 11) is 0. The van der Waals surface area contributed by atoms with Crippen LogP contribution in [0.5, 0.6) is 5.75 Å². The van der Waals surface area contributed by atoms with Crippen LogP contribution in [0.15, 0.2) is 18.2 Å². The van der Waals surface area contributed by atoms with Gasteiger partial charge in [0.25, 0.3) is 5.91 Å². The van der Waals surface area contributed by atoms with Gasteiger partial charge in [0, 0.05) is 12.6 Å². The van der Waals surface area contributed by atoms with E-state index in [2.05, 4.69) is 0 Å². The molecule has 21 heavy (non-hydrogen) atoms. The molecule has 1 aromatic rings. The van der Waals surface area contributed by atoms with Gasteiger partial charge in [-0.15, -0.1) is 0 Å². The summed E-state index contributed by atoms with van der Waals surface area (Å²) in [6, 6.07) is 4.21. The van der Waals surface area contributed by atoms with E-state index in [1.807, 2.05) is 6.92 Å². The zero-order valence-electron chi connectivity index (χ0n) is 11.9. The van der Waals surface area contributed by atoms with Crippen LogP contribution in [0.2, 0.25) is 0 Å². The maximum Gasteiger partial charge on any atom is 0.256 e. The van der Waals surface area contributed by atoms with E-state index in [0.717, 1.165) is 6.42 Å². The molecule has 1 unspecified atom stereocenters. The van der Waals surface area contributed by atoms with Crippen LogP contribution in [0.1, 0.15) is 19.8 Å². The number of benzene rings is 1. The standard InChI is InChI=1S/C15H19FN2O3/c1-9-8-18(12-4-2-10(16)6-14(12)20-9)15(19)13-5-3-11(7-17)21-13/h2,4,6,9,11,13H,3,5,7-8,17H2,1H3/t9?,11-,13+/m1/s1. The molecule has 2 heterocycles. The van der Waals surface area contributed by atoms with Crippen molar-refractivity contribution in [2.24, 2.45) is 5.73 Å². The molecule has 5 nitrogen and oxygen atoms in total. The molecule has 0 aromatic heterocycles. The quantitative estimate of drug-likeness (QED) is 0.896. The molecule has 0 aliphatic carbocycles. The van der Waals surface area contributed by atoms with Gasteiger partial charge in [0.1, 0.15) is 23.8 Å². The monoisotopic (exact) mass is 294 g/mol. The predicted octanol–water partition coefficient (Wildman–Crippen LogP) is 1.45. The van der Waals surface area contributed by atoms with Crippen molar-refractivity contribution >= 4 is 11.6 Å². The first kappa shape index (κ1) is 14.3. The SMILES string of the molecule is CC1CN(C(=O)[C@@H]2CC[C@H](CN)O2)c2ccc(F)cc2O1. The molecule has 0 bridgehead atoms. The topological polar surface area (TPSA) is 64.8 Å². The number of hydrogen-bond acceptors (Lipinski definition) is 4. The van der Waals surface area contributed by atoms with Crippen molar-refractivity contribution in [3.05, 3.63) is 24.0 Å². The zero-order valence-corrected chi connectivity index (χ0v) is 11.9. The Bertz CT molecular complexity index is 552. The molecule has 3 rings (SSSR count). The van der Waals surface area contributed by atoms with E-state index in [9.17, 15) is 9.18 Å². The molecule has 2 aliphatic heterocycles. The van der Waals surface area contributed by atoms with Crippen LogP contribution in [0.25, 0.3) is 0 Å². The van der Waals surface area contributed by atoms with Crippen molar-refractivity contribution in [1.82, 2.24) is 0 Å². The molecule has 1 saturated heterocycles. The number of ether oxygens (including phenoxy) is 2. The molecule has 1 aromatic carbocycles. The fourth-order valence-corrected chi connectivity index (χ4v) is 2.86. The zero-order chi connectivity index (χ0) is 15.0. The van der Waals surface area contributed by atoms with Crippen molar-refractivity contribution < 1.29 is 18.7 Å². The molecule has 1 amide bonds. The van der Waals surface area contributed by atoms with Crippen LogP contribution in [0.4, 0.5) is 10.1 Å². The summed E-state index contributed by atoms with van der Waals surface area (Å²) in [4.78, 5) is 14.3. The molecular weight excluding hydrogens is 275 g/mol. The Morgan fingerprint density at radius 3 is 3.00 bits per heavy atom. The number of nitrogens with two attached hydrogens (primary N) is 1. The smallest absolute Gasteiger partial charge is 0.256 e. The van der Waals surface area contributed by atoms with Crippen molar-refractivity contribution in [2.45, 2.75) is 38.1 Å². The molecule has 3 atom stereocenters. The minimum absolute atomic E-state index is 0.0508. The van der Waals surface area contributed by atoms with Gasteiger partial charge >= 0.3 is 0 Å². The lowest BCUT2D eigenvalue weighted by Crippen LogP contribution is -2.47. The fourth-order valence-electron chi connectivity index (χ4n) is 2.86. The van der Waals surface area contributed by atoms with Gasteiger partial charge in [0.05, 0.1) is 18.3 Å². The van der Waals surface area contributed by atoms with Crippen LogP contribution in [0.3, 0.4) is 0 Å². The van der Waals surface area contributed by atoms with E-state index in [1.165, 1.54) is 12.1 Å². The molecular formula is C15H19FN2O3. The summed E-state index contributed by atoms with van der Waals surface area (Å²) in [5, 5.41) is 0. The third-order valence-corrected chi connectivity index (χ3v) is 3.89. The number of carbonyl (C=O) groups excluding carboxylic acids is 1. The largest absolute Gasteiger partial charge is 0.487 e. The summed E-state index contributed by atoms with van der Waals surface area (Å²) < 4.78 is 24.6. The van der Waals surface area contributed by atoms with Gasteiger partial charge < -0.3 is 20.1 Å². The second-order valence-electron chi connectivity index (χ2n) is 5.55. The molecule has 0 radical (unpaired) electrons. The number of carbonyl (C=O) groups is 1. The summed E-state index contributed by atoms with van der Waals surface area (Å²) in [5.74, 6) is -0.0833. The first-order chi connectivity index (χ1) is 10.1. The maximum absolute atomic E-state index is 13.3. The lowest BCUT2D eigenvalue weighted by molar-refractivity contribution is -0.129. The Hall–Kier alpha value is -1.66. The Labute approximate surface area is 122 Å². The minimum atomic E-state index is -0.471. The van der Waals surface area contributed by atoms with Gasteiger partial charge in [-0.2, -0.15) is 0 Å².